The third-order valence-electron chi connectivity index (χ3n) is 5.35. The summed E-state index contributed by atoms with van der Waals surface area (Å²) in [6.45, 7) is 5.37. The highest BCUT2D eigenvalue weighted by atomic mass is 79.9. The molecule has 1 aliphatic rings. The summed E-state index contributed by atoms with van der Waals surface area (Å²) in [7, 11) is 0. The SMILES string of the molecule is C#CCOc1ccc(Br)cc1C=c1sc2n(c1=O)C(c1ccccc1Cl)C(C(=O)OC(C)C)=C(C)N=2. The third-order valence-corrected chi connectivity index (χ3v) is 7.17. The molecule has 0 aliphatic carbocycles. The summed E-state index contributed by atoms with van der Waals surface area (Å²) in [4.78, 5) is 32.0. The van der Waals surface area contributed by atoms with Crippen LogP contribution in [-0.2, 0) is 9.53 Å². The lowest BCUT2D eigenvalue weighted by Crippen LogP contribution is -2.40. The van der Waals surface area contributed by atoms with Crippen molar-refractivity contribution >= 4 is 50.9 Å². The van der Waals surface area contributed by atoms with Gasteiger partial charge in [0.25, 0.3) is 5.56 Å². The Kier molecular flexibility index (Phi) is 7.84. The molecule has 0 bridgehead atoms. The summed E-state index contributed by atoms with van der Waals surface area (Å²) in [6, 6.07) is 11.8. The van der Waals surface area contributed by atoms with E-state index < -0.39 is 12.0 Å². The van der Waals surface area contributed by atoms with Gasteiger partial charge in [-0.1, -0.05) is 63.0 Å². The number of allylic oxidation sites excluding steroid dienone is 1. The number of fused-ring (bicyclic) bond motifs is 1. The van der Waals surface area contributed by atoms with Crippen molar-refractivity contribution in [1.82, 2.24) is 4.57 Å². The maximum absolute atomic E-state index is 13.8. The minimum atomic E-state index is -0.789. The molecule has 0 fully saturated rings. The fourth-order valence-electron chi connectivity index (χ4n) is 3.88. The van der Waals surface area contributed by atoms with E-state index in [1.807, 2.05) is 18.2 Å². The molecule has 9 heteroatoms. The monoisotopic (exact) mass is 584 g/mol. The topological polar surface area (TPSA) is 69.9 Å². The van der Waals surface area contributed by atoms with Gasteiger partial charge >= 0.3 is 5.97 Å². The summed E-state index contributed by atoms with van der Waals surface area (Å²) in [5.41, 5.74) is 1.72. The quantitative estimate of drug-likeness (QED) is 0.313. The van der Waals surface area contributed by atoms with Crippen LogP contribution >= 0.6 is 38.9 Å². The number of hydrogen-bond donors (Lipinski definition) is 0. The maximum Gasteiger partial charge on any atom is 0.338 e. The predicted molar refractivity (Wildman–Crippen MR) is 145 cm³/mol. The minimum Gasteiger partial charge on any atom is -0.480 e. The van der Waals surface area contributed by atoms with Crippen molar-refractivity contribution in [2.24, 2.45) is 4.99 Å². The van der Waals surface area contributed by atoms with Crippen molar-refractivity contribution in [2.45, 2.75) is 32.9 Å². The van der Waals surface area contributed by atoms with E-state index in [2.05, 4.69) is 26.8 Å². The van der Waals surface area contributed by atoms with Crippen LogP contribution < -0.4 is 19.6 Å². The highest BCUT2D eigenvalue weighted by molar-refractivity contribution is 9.10. The first kappa shape index (κ1) is 26.0. The number of halogens is 2. The molecule has 0 N–H and O–H groups in total. The molecular formula is C27H22BrClN2O4S. The first-order valence-corrected chi connectivity index (χ1v) is 13.0. The van der Waals surface area contributed by atoms with E-state index in [-0.39, 0.29) is 23.8 Å². The molecule has 2 aromatic carbocycles. The Bertz CT molecular complexity index is 1600. The van der Waals surface area contributed by atoms with E-state index in [1.54, 1.807) is 51.1 Å². The van der Waals surface area contributed by atoms with Crippen molar-refractivity contribution in [2.75, 3.05) is 6.61 Å². The van der Waals surface area contributed by atoms with Crippen LogP contribution in [0.2, 0.25) is 5.02 Å². The highest BCUT2D eigenvalue weighted by Gasteiger charge is 2.34. The molecule has 0 amide bonds. The molecular weight excluding hydrogens is 564 g/mol. The molecule has 1 atom stereocenters. The lowest BCUT2D eigenvalue weighted by Gasteiger charge is -2.26. The molecule has 6 nitrogen and oxygen atoms in total. The molecule has 184 valence electrons. The van der Waals surface area contributed by atoms with Gasteiger partial charge in [0.05, 0.1) is 21.9 Å². The van der Waals surface area contributed by atoms with Gasteiger partial charge in [-0.25, -0.2) is 9.79 Å². The van der Waals surface area contributed by atoms with Crippen LogP contribution in [0.1, 0.15) is 37.9 Å². The second-order valence-corrected chi connectivity index (χ2v) is 10.6. The number of thiazole rings is 1. The summed E-state index contributed by atoms with van der Waals surface area (Å²) < 4.78 is 13.9. The Hall–Kier alpha value is -3.12. The zero-order valence-electron chi connectivity index (χ0n) is 19.7. The Labute approximate surface area is 225 Å². The molecule has 0 saturated carbocycles. The van der Waals surface area contributed by atoms with Gasteiger partial charge in [0.1, 0.15) is 18.4 Å². The number of hydrogen-bond acceptors (Lipinski definition) is 6. The standard InChI is InChI=1S/C27H22BrClN2O4S/c1-5-12-34-21-11-10-18(28)13-17(21)14-22-25(32)31-24(19-8-6-7-9-20(19)29)23(26(33)35-15(2)3)16(4)30-27(31)36-22/h1,6-11,13-15,24H,12H2,2-4H3. The van der Waals surface area contributed by atoms with Gasteiger partial charge < -0.3 is 9.47 Å². The van der Waals surface area contributed by atoms with Crippen LogP contribution in [-0.4, -0.2) is 23.2 Å². The molecule has 36 heavy (non-hydrogen) atoms. The second kappa shape index (κ2) is 10.9. The number of terminal acetylenes is 1. The second-order valence-electron chi connectivity index (χ2n) is 8.23. The van der Waals surface area contributed by atoms with Crippen LogP contribution in [0.15, 0.2) is 68.0 Å². The number of carbonyl (C=O) groups is 1. The van der Waals surface area contributed by atoms with Crippen molar-refractivity contribution in [3.8, 4) is 18.1 Å². The number of rotatable bonds is 6. The molecule has 0 saturated heterocycles. The first-order chi connectivity index (χ1) is 17.2. The smallest absolute Gasteiger partial charge is 0.338 e. The zero-order chi connectivity index (χ0) is 26.0. The normalized spacial score (nSPS) is 15.4. The molecule has 3 aromatic rings. The number of ether oxygens (including phenoxy) is 2. The van der Waals surface area contributed by atoms with E-state index in [4.69, 9.17) is 27.5 Å². The van der Waals surface area contributed by atoms with Gasteiger partial charge in [0.15, 0.2) is 4.80 Å². The van der Waals surface area contributed by atoms with Crippen LogP contribution in [0, 0.1) is 12.3 Å². The summed E-state index contributed by atoms with van der Waals surface area (Å²) in [5, 5.41) is 0.429. The molecule has 0 spiro atoms. The maximum atomic E-state index is 13.8. The van der Waals surface area contributed by atoms with Gasteiger partial charge in [-0.3, -0.25) is 9.36 Å². The van der Waals surface area contributed by atoms with Crippen LogP contribution in [0.5, 0.6) is 5.75 Å². The Morgan fingerprint density at radius 1 is 1.33 bits per heavy atom. The van der Waals surface area contributed by atoms with Gasteiger partial charge in [-0.2, -0.15) is 0 Å². The van der Waals surface area contributed by atoms with E-state index in [1.165, 1.54) is 15.9 Å². The van der Waals surface area contributed by atoms with Crippen molar-refractivity contribution in [3.63, 3.8) is 0 Å². The Morgan fingerprint density at radius 3 is 2.78 bits per heavy atom. The fraction of sp³-hybridized carbons (Fsp3) is 0.222. The van der Waals surface area contributed by atoms with E-state index in [0.717, 1.165) is 4.47 Å². The summed E-state index contributed by atoms with van der Waals surface area (Å²) in [5.74, 6) is 2.45. The number of esters is 1. The third kappa shape index (κ3) is 5.19. The lowest BCUT2D eigenvalue weighted by molar-refractivity contribution is -0.143. The van der Waals surface area contributed by atoms with E-state index >= 15 is 0 Å². The van der Waals surface area contributed by atoms with Gasteiger partial charge in [0.2, 0.25) is 0 Å². The van der Waals surface area contributed by atoms with E-state index in [9.17, 15) is 9.59 Å². The molecule has 2 heterocycles. The fourth-order valence-corrected chi connectivity index (χ4v) is 5.53. The molecule has 1 aliphatic heterocycles. The van der Waals surface area contributed by atoms with Crippen molar-refractivity contribution in [3.05, 3.63) is 94.0 Å². The van der Waals surface area contributed by atoms with Crippen LogP contribution in [0.3, 0.4) is 0 Å². The summed E-state index contributed by atoms with van der Waals surface area (Å²) in [6.07, 6.45) is 6.74. The molecule has 4 rings (SSSR count). The molecule has 1 unspecified atom stereocenters. The van der Waals surface area contributed by atoms with Crippen molar-refractivity contribution < 1.29 is 14.3 Å². The number of aromatic nitrogens is 1. The number of carbonyl (C=O) groups excluding carboxylic acids is 1. The lowest BCUT2D eigenvalue weighted by atomic mass is 9.96. The molecule has 0 radical (unpaired) electrons. The van der Waals surface area contributed by atoms with Gasteiger partial charge in [-0.05, 0) is 56.7 Å². The van der Waals surface area contributed by atoms with Crippen molar-refractivity contribution in [1.29, 1.82) is 0 Å². The number of benzene rings is 2. The van der Waals surface area contributed by atoms with Gasteiger partial charge in [-0.15, -0.1) is 6.42 Å². The highest BCUT2D eigenvalue weighted by Crippen LogP contribution is 2.34. The van der Waals surface area contributed by atoms with Crippen LogP contribution in [0.4, 0.5) is 0 Å². The predicted octanol–water partition coefficient (Wildman–Crippen LogP) is 4.61. The average molecular weight is 586 g/mol. The van der Waals surface area contributed by atoms with Gasteiger partial charge in [0, 0.05) is 15.1 Å². The molecule has 1 aromatic heterocycles. The Balaban J connectivity index is 1.96. The first-order valence-electron chi connectivity index (χ1n) is 11.0. The average Bonchev–Trinajstić information content (AvgIpc) is 3.12. The summed E-state index contributed by atoms with van der Waals surface area (Å²) >= 11 is 11.2. The minimum absolute atomic E-state index is 0.0940. The zero-order valence-corrected chi connectivity index (χ0v) is 22.9. The largest absolute Gasteiger partial charge is 0.480 e. The van der Waals surface area contributed by atoms with E-state index in [0.29, 0.717) is 36.9 Å². The van der Waals surface area contributed by atoms with Crippen LogP contribution in [0.25, 0.3) is 6.08 Å². The Morgan fingerprint density at radius 2 is 2.08 bits per heavy atom. The number of nitrogens with zero attached hydrogens (tertiary/aromatic N) is 2.